The first-order valence-electron chi connectivity index (χ1n) is 10.2. The van der Waals surface area contributed by atoms with Gasteiger partial charge in [-0.1, -0.05) is 44.2 Å². The Bertz CT molecular complexity index is 786. The molecule has 0 radical (unpaired) electrons. The molecule has 1 atom stereocenters. The monoisotopic (exact) mass is 399 g/mol. The molecule has 1 saturated heterocycles. The molecule has 2 aromatic rings. The van der Waals surface area contributed by atoms with Crippen molar-refractivity contribution in [3.63, 3.8) is 0 Å². The summed E-state index contributed by atoms with van der Waals surface area (Å²) in [4.78, 5) is 31.8. The zero-order valence-electron chi connectivity index (χ0n) is 16.7. The van der Waals surface area contributed by atoms with E-state index in [4.69, 9.17) is 0 Å². The van der Waals surface area contributed by atoms with E-state index in [9.17, 15) is 9.59 Å². The van der Waals surface area contributed by atoms with Crippen molar-refractivity contribution in [2.75, 3.05) is 13.1 Å². The molecule has 0 spiro atoms. The molecule has 1 fully saturated rings. The standard InChI is InChI=1S/C22H29N3O2S/c1-3-16(4-2)22(27)25-14-8-11-19(25)20(26)23-13-12-18-15-28-21(24-18)17-9-6-5-7-10-17/h5-7,9-10,15-16,19H,3-4,8,11-14H2,1-2H3,(H,23,26)/t19-/m1/s1. The van der Waals surface area contributed by atoms with Crippen molar-refractivity contribution in [3.05, 3.63) is 41.4 Å². The Morgan fingerprint density at radius 2 is 2.00 bits per heavy atom. The molecule has 5 nitrogen and oxygen atoms in total. The van der Waals surface area contributed by atoms with Crippen LogP contribution in [-0.2, 0) is 16.0 Å². The van der Waals surface area contributed by atoms with Crippen molar-refractivity contribution >= 4 is 23.2 Å². The molecule has 2 heterocycles. The number of rotatable bonds is 8. The van der Waals surface area contributed by atoms with Gasteiger partial charge in [-0.2, -0.15) is 0 Å². The molecule has 0 aliphatic carbocycles. The Morgan fingerprint density at radius 1 is 1.25 bits per heavy atom. The topological polar surface area (TPSA) is 62.3 Å². The van der Waals surface area contributed by atoms with Gasteiger partial charge in [0.05, 0.1) is 5.69 Å². The van der Waals surface area contributed by atoms with E-state index in [0.29, 0.717) is 19.5 Å². The van der Waals surface area contributed by atoms with Gasteiger partial charge in [0.2, 0.25) is 11.8 Å². The molecule has 1 aliphatic rings. The zero-order chi connectivity index (χ0) is 19.9. The van der Waals surface area contributed by atoms with Gasteiger partial charge in [0.25, 0.3) is 0 Å². The molecule has 1 aromatic carbocycles. The molecule has 0 saturated carbocycles. The summed E-state index contributed by atoms with van der Waals surface area (Å²) in [7, 11) is 0. The summed E-state index contributed by atoms with van der Waals surface area (Å²) in [5, 5.41) is 6.06. The van der Waals surface area contributed by atoms with E-state index < -0.39 is 0 Å². The lowest BCUT2D eigenvalue weighted by molar-refractivity contribution is -0.141. The molecular weight excluding hydrogens is 370 g/mol. The van der Waals surface area contributed by atoms with Gasteiger partial charge in [0.1, 0.15) is 11.0 Å². The van der Waals surface area contributed by atoms with Crippen LogP contribution in [0.1, 0.15) is 45.2 Å². The molecule has 6 heteroatoms. The van der Waals surface area contributed by atoms with Crippen LogP contribution in [0.3, 0.4) is 0 Å². The molecular formula is C22H29N3O2S. The maximum atomic E-state index is 12.7. The molecule has 3 rings (SSSR count). The van der Waals surface area contributed by atoms with Crippen LogP contribution in [0.4, 0.5) is 0 Å². The molecule has 2 amide bonds. The highest BCUT2D eigenvalue weighted by atomic mass is 32.1. The third-order valence-corrected chi connectivity index (χ3v) is 6.37. The van der Waals surface area contributed by atoms with Gasteiger partial charge in [0, 0.05) is 36.4 Å². The summed E-state index contributed by atoms with van der Waals surface area (Å²) in [6.45, 7) is 5.31. The van der Waals surface area contributed by atoms with Crippen molar-refractivity contribution in [1.82, 2.24) is 15.2 Å². The third-order valence-electron chi connectivity index (χ3n) is 5.43. The fraction of sp³-hybridized carbons (Fsp3) is 0.500. The second-order valence-electron chi connectivity index (χ2n) is 7.25. The van der Waals surface area contributed by atoms with Crippen molar-refractivity contribution < 1.29 is 9.59 Å². The first kappa shape index (κ1) is 20.5. The predicted octanol–water partition coefficient (Wildman–Crippen LogP) is 3.90. The molecule has 0 bridgehead atoms. The van der Waals surface area contributed by atoms with Crippen molar-refractivity contribution in [3.8, 4) is 10.6 Å². The summed E-state index contributed by atoms with van der Waals surface area (Å²) in [5.41, 5.74) is 2.10. The summed E-state index contributed by atoms with van der Waals surface area (Å²) < 4.78 is 0. The van der Waals surface area contributed by atoms with E-state index in [2.05, 4.69) is 22.4 Å². The van der Waals surface area contributed by atoms with Gasteiger partial charge in [0.15, 0.2) is 0 Å². The number of amides is 2. The molecule has 0 unspecified atom stereocenters. The third kappa shape index (κ3) is 4.79. The first-order valence-corrected chi connectivity index (χ1v) is 11.1. The van der Waals surface area contributed by atoms with Gasteiger partial charge in [-0.25, -0.2) is 4.98 Å². The Morgan fingerprint density at radius 3 is 2.71 bits per heavy atom. The quantitative estimate of drug-likeness (QED) is 0.732. The Balaban J connectivity index is 1.51. The molecule has 1 N–H and O–H groups in total. The number of carbonyl (C=O) groups is 2. The molecule has 1 aromatic heterocycles. The number of nitrogens with one attached hydrogen (secondary N) is 1. The Kier molecular flexibility index (Phi) is 7.20. The van der Waals surface area contributed by atoms with Crippen molar-refractivity contribution in [1.29, 1.82) is 0 Å². The average Bonchev–Trinajstić information content (AvgIpc) is 3.39. The van der Waals surface area contributed by atoms with Crippen LogP contribution < -0.4 is 5.32 Å². The molecule has 150 valence electrons. The second-order valence-corrected chi connectivity index (χ2v) is 8.11. The summed E-state index contributed by atoms with van der Waals surface area (Å²) in [6.07, 6.45) is 4.01. The fourth-order valence-corrected chi connectivity index (χ4v) is 4.60. The number of likely N-dealkylation sites (tertiary alicyclic amines) is 1. The normalized spacial score (nSPS) is 16.5. The van der Waals surface area contributed by atoms with Crippen LogP contribution in [0.5, 0.6) is 0 Å². The Hall–Kier alpha value is -2.21. The highest BCUT2D eigenvalue weighted by Crippen LogP contribution is 2.24. The lowest BCUT2D eigenvalue weighted by atomic mass is 10.0. The smallest absolute Gasteiger partial charge is 0.242 e. The number of benzene rings is 1. The summed E-state index contributed by atoms with van der Waals surface area (Å²) in [6, 6.07) is 9.79. The van der Waals surface area contributed by atoms with Gasteiger partial charge in [-0.3, -0.25) is 9.59 Å². The first-order chi connectivity index (χ1) is 13.6. The van der Waals surface area contributed by atoms with Crippen LogP contribution >= 0.6 is 11.3 Å². The summed E-state index contributed by atoms with van der Waals surface area (Å²) in [5.74, 6) is 0.129. The predicted molar refractivity (Wildman–Crippen MR) is 113 cm³/mol. The van der Waals surface area contributed by atoms with Crippen LogP contribution in [0.25, 0.3) is 10.6 Å². The fourth-order valence-electron chi connectivity index (χ4n) is 3.74. The lowest BCUT2D eigenvalue weighted by Crippen LogP contribution is -2.48. The van der Waals surface area contributed by atoms with Crippen LogP contribution in [-0.4, -0.2) is 40.8 Å². The van der Waals surface area contributed by atoms with Gasteiger partial charge >= 0.3 is 0 Å². The number of carbonyl (C=O) groups excluding carboxylic acids is 2. The SMILES string of the molecule is CCC(CC)C(=O)N1CCC[C@@H]1C(=O)NCCc1csc(-c2ccccc2)n1. The largest absolute Gasteiger partial charge is 0.354 e. The lowest BCUT2D eigenvalue weighted by Gasteiger charge is -2.27. The van der Waals surface area contributed by atoms with E-state index >= 15 is 0 Å². The summed E-state index contributed by atoms with van der Waals surface area (Å²) >= 11 is 1.62. The minimum atomic E-state index is -0.316. The maximum Gasteiger partial charge on any atom is 0.242 e. The molecule has 1 aliphatic heterocycles. The number of thiazole rings is 1. The van der Waals surface area contributed by atoms with E-state index in [1.54, 1.807) is 16.2 Å². The highest BCUT2D eigenvalue weighted by Gasteiger charge is 2.35. The van der Waals surface area contributed by atoms with E-state index in [1.165, 1.54) is 0 Å². The zero-order valence-corrected chi connectivity index (χ0v) is 17.5. The van der Waals surface area contributed by atoms with E-state index in [-0.39, 0.29) is 23.8 Å². The van der Waals surface area contributed by atoms with Crippen molar-refractivity contribution in [2.24, 2.45) is 5.92 Å². The van der Waals surface area contributed by atoms with E-state index in [1.807, 2.05) is 37.4 Å². The Labute approximate surface area is 171 Å². The van der Waals surface area contributed by atoms with Crippen molar-refractivity contribution in [2.45, 2.75) is 52.0 Å². The minimum absolute atomic E-state index is 0.0276. The van der Waals surface area contributed by atoms with Gasteiger partial charge in [-0.05, 0) is 25.7 Å². The van der Waals surface area contributed by atoms with Crippen LogP contribution in [0.2, 0.25) is 0 Å². The van der Waals surface area contributed by atoms with Gasteiger partial charge in [-0.15, -0.1) is 11.3 Å². The average molecular weight is 400 g/mol. The number of hydrogen-bond donors (Lipinski definition) is 1. The van der Waals surface area contributed by atoms with E-state index in [0.717, 1.165) is 41.9 Å². The van der Waals surface area contributed by atoms with Crippen LogP contribution in [0.15, 0.2) is 35.7 Å². The second kappa shape index (κ2) is 9.82. The minimum Gasteiger partial charge on any atom is -0.354 e. The number of nitrogens with zero attached hydrogens (tertiary/aromatic N) is 2. The molecule has 28 heavy (non-hydrogen) atoms. The number of aromatic nitrogens is 1. The highest BCUT2D eigenvalue weighted by molar-refractivity contribution is 7.13. The maximum absolute atomic E-state index is 12.7. The van der Waals surface area contributed by atoms with Gasteiger partial charge < -0.3 is 10.2 Å². The van der Waals surface area contributed by atoms with Crippen LogP contribution in [0, 0.1) is 5.92 Å². The number of hydrogen-bond acceptors (Lipinski definition) is 4.